The van der Waals surface area contributed by atoms with Crippen LogP contribution in [-0.2, 0) is 31.0 Å². The number of hydrogen-bond donors (Lipinski definition) is 1. The van der Waals surface area contributed by atoms with Crippen molar-refractivity contribution < 1.29 is 30.6 Å². The summed E-state index contributed by atoms with van der Waals surface area (Å²) in [5.74, 6) is -0.370. The van der Waals surface area contributed by atoms with Gasteiger partial charge in [0.1, 0.15) is 4.90 Å². The van der Waals surface area contributed by atoms with Crippen molar-refractivity contribution in [3.8, 4) is 5.75 Å². The van der Waals surface area contributed by atoms with Gasteiger partial charge >= 0.3 is 69.2 Å². The average Bonchev–Trinajstić information content (AvgIpc) is 2.87. The summed E-state index contributed by atoms with van der Waals surface area (Å²) >= 11 is 0. The molecule has 0 saturated carbocycles. The van der Waals surface area contributed by atoms with Gasteiger partial charge in [0.25, 0.3) is 10.1 Å². The van der Waals surface area contributed by atoms with Gasteiger partial charge in [0, 0.05) is 0 Å². The van der Waals surface area contributed by atoms with E-state index in [1.807, 2.05) is 0 Å². The van der Waals surface area contributed by atoms with Crippen molar-refractivity contribution in [2.75, 3.05) is 0 Å². The van der Waals surface area contributed by atoms with Gasteiger partial charge in [-0.2, -0.15) is 16.8 Å². The summed E-state index contributed by atoms with van der Waals surface area (Å²) < 4.78 is 63.2. The van der Waals surface area contributed by atoms with Crippen molar-refractivity contribution in [2.45, 2.75) is 113 Å². The Kier molecular flexibility index (Phi) is 21.8. The van der Waals surface area contributed by atoms with Gasteiger partial charge in [-0.25, -0.2) is 0 Å². The monoisotopic (exact) mass is 602 g/mol. The molecule has 0 aromatic heterocycles. The second kappa shape index (κ2) is 21.7. The van der Waals surface area contributed by atoms with Crippen LogP contribution in [0.2, 0.25) is 0 Å². The Morgan fingerprint density at radius 1 is 0.641 bits per heavy atom. The molecule has 7 nitrogen and oxygen atoms in total. The van der Waals surface area contributed by atoms with E-state index in [0.29, 0.717) is 12.0 Å². The third-order valence-corrected chi connectivity index (χ3v) is 8.44. The summed E-state index contributed by atoms with van der Waals surface area (Å²) in [7, 11) is -8.94. The Hall–Kier alpha value is 0.0600. The molecule has 0 bridgehead atoms. The molecule has 0 aliphatic rings. The Labute approximate surface area is 280 Å². The van der Waals surface area contributed by atoms with Gasteiger partial charge < -0.3 is 4.89 Å². The van der Waals surface area contributed by atoms with Crippen LogP contribution in [0.3, 0.4) is 0 Å². The molecule has 0 fully saturated rings. The molecule has 2 rings (SSSR count). The molecule has 0 unspecified atom stereocenters. The van der Waals surface area contributed by atoms with E-state index in [4.69, 9.17) is 4.89 Å². The van der Waals surface area contributed by atoms with Crippen molar-refractivity contribution in [1.82, 2.24) is 0 Å². The molecule has 0 aliphatic heterocycles. The predicted molar refractivity (Wildman–Crippen MR) is 160 cm³/mol. The van der Waals surface area contributed by atoms with Gasteiger partial charge in [0.2, 0.25) is 0 Å². The van der Waals surface area contributed by atoms with E-state index in [1.54, 1.807) is 18.2 Å². The van der Waals surface area contributed by atoms with Gasteiger partial charge in [-0.1, -0.05) is 125 Å². The average molecular weight is 603 g/mol. The Balaban J connectivity index is 0.00000722. The Morgan fingerprint density at radius 3 is 1.62 bits per heavy atom. The molecule has 0 spiro atoms. The Morgan fingerprint density at radius 2 is 1.13 bits per heavy atom. The van der Waals surface area contributed by atoms with Gasteiger partial charge in [-0.3, -0.25) is 4.55 Å². The number of hydrogen-bond acceptors (Lipinski definition) is 6. The first-order chi connectivity index (χ1) is 17.8. The van der Waals surface area contributed by atoms with E-state index in [1.165, 1.54) is 94.5 Å². The third-order valence-electron chi connectivity index (χ3n) is 6.36. The molecule has 39 heavy (non-hydrogen) atoms. The molecule has 0 atom stereocenters. The summed E-state index contributed by atoms with van der Waals surface area (Å²) in [6.07, 6.45) is 17.4. The van der Waals surface area contributed by atoms with E-state index in [9.17, 15) is 21.4 Å². The zero-order chi connectivity index (χ0) is 27.0. The summed E-state index contributed by atoms with van der Waals surface area (Å²) in [5.41, 5.74) is 0.361. The first-order valence-electron chi connectivity index (χ1n) is 13.5. The maximum atomic E-state index is 12.3. The van der Waals surface area contributed by atoms with Crippen LogP contribution in [-0.4, -0.2) is 80.5 Å². The standard InChI is InChI=1S/C28H42O7S2.2Na.2H/c1-2-3-4-5-6-7-8-9-10-11-12-13-14-16-20-25-21-19-24-27(28(25)36(29,30)31)34-35-37(32,33)26-22-17-15-18-23-26;;;;/h15,17-19,21-24H,2-14,16,20H2,1H3,(H,29,30,31);;;;. The van der Waals surface area contributed by atoms with E-state index in [2.05, 4.69) is 11.3 Å². The fraction of sp³-hybridized carbons (Fsp3) is 0.571. The minimum atomic E-state index is -4.67. The fourth-order valence-corrected chi connectivity index (χ4v) is 5.92. The van der Waals surface area contributed by atoms with Gasteiger partial charge in [0.05, 0.1) is 4.90 Å². The molecule has 0 saturated heterocycles. The van der Waals surface area contributed by atoms with Gasteiger partial charge in [0.15, 0.2) is 5.75 Å². The van der Waals surface area contributed by atoms with Crippen molar-refractivity contribution in [3.05, 3.63) is 54.1 Å². The quantitative estimate of drug-likeness (QED) is 0.0618. The van der Waals surface area contributed by atoms with Crippen molar-refractivity contribution >= 4 is 79.4 Å². The fourth-order valence-electron chi connectivity index (χ4n) is 4.33. The van der Waals surface area contributed by atoms with Crippen LogP contribution in [0.4, 0.5) is 0 Å². The van der Waals surface area contributed by atoms with E-state index < -0.39 is 25.1 Å². The van der Waals surface area contributed by atoms with Crippen LogP contribution in [0.5, 0.6) is 5.75 Å². The third kappa shape index (κ3) is 15.7. The van der Waals surface area contributed by atoms with E-state index >= 15 is 0 Å². The summed E-state index contributed by atoms with van der Waals surface area (Å²) in [6.45, 7) is 2.24. The summed E-state index contributed by atoms with van der Waals surface area (Å²) in [6, 6.07) is 11.7. The van der Waals surface area contributed by atoms with Crippen LogP contribution < -0.4 is 4.89 Å². The molecular formula is C28H44Na2O7S2. The maximum absolute atomic E-state index is 12.3. The number of benzene rings is 2. The van der Waals surface area contributed by atoms with Crippen LogP contribution in [0.1, 0.15) is 102 Å². The zero-order valence-electron chi connectivity index (χ0n) is 21.9. The van der Waals surface area contributed by atoms with Crippen molar-refractivity contribution in [2.24, 2.45) is 0 Å². The first-order valence-corrected chi connectivity index (χ1v) is 16.4. The summed E-state index contributed by atoms with van der Waals surface area (Å²) in [5, 5.41) is 0. The van der Waals surface area contributed by atoms with E-state index in [-0.39, 0.29) is 69.8 Å². The number of unbranched alkanes of at least 4 members (excludes halogenated alkanes) is 13. The molecule has 0 amide bonds. The molecule has 0 heterocycles. The predicted octanol–water partition coefficient (Wildman–Crippen LogP) is 6.36. The second-order valence-corrected chi connectivity index (χ2v) is 12.4. The zero-order valence-corrected chi connectivity index (χ0v) is 23.6. The molecule has 212 valence electrons. The van der Waals surface area contributed by atoms with Gasteiger partial charge in [-0.05, 0) is 36.6 Å². The molecular weight excluding hydrogens is 558 g/mol. The number of rotatable bonds is 20. The van der Waals surface area contributed by atoms with Crippen LogP contribution in [0.15, 0.2) is 58.3 Å². The molecule has 0 radical (unpaired) electrons. The SMILES string of the molecule is CCCCCCCCCCCCCCCCc1cccc(OOS(=O)(=O)c2ccccc2)c1S(=O)(=O)O.[NaH].[NaH]. The topological polar surface area (TPSA) is 107 Å². The first kappa shape index (κ1) is 39.1. The van der Waals surface area contributed by atoms with Crippen LogP contribution in [0, 0.1) is 0 Å². The van der Waals surface area contributed by atoms with Crippen molar-refractivity contribution in [3.63, 3.8) is 0 Å². The Bertz CT molecular complexity index is 1130. The molecule has 2 aromatic rings. The molecule has 0 aliphatic carbocycles. The normalized spacial score (nSPS) is 11.4. The van der Waals surface area contributed by atoms with Gasteiger partial charge in [-0.15, -0.1) is 0 Å². The molecule has 1 N–H and O–H groups in total. The molecule has 2 aromatic carbocycles. The summed E-state index contributed by atoms with van der Waals surface area (Å²) in [4.78, 5) is 4.32. The van der Waals surface area contributed by atoms with E-state index in [0.717, 1.165) is 25.7 Å². The molecule has 11 heteroatoms. The minimum absolute atomic E-state index is 0. The second-order valence-electron chi connectivity index (χ2n) is 9.48. The van der Waals surface area contributed by atoms with Crippen LogP contribution >= 0.6 is 0 Å². The number of aryl methyl sites for hydroxylation is 1. The van der Waals surface area contributed by atoms with Crippen molar-refractivity contribution in [1.29, 1.82) is 0 Å². The van der Waals surface area contributed by atoms with Crippen LogP contribution in [0.25, 0.3) is 0 Å².